The molecule has 9 atom stereocenters. The number of carboxylic acids is 1. The molecule has 3 heteroatoms. The summed E-state index contributed by atoms with van der Waals surface area (Å²) >= 11 is 0. The summed E-state index contributed by atoms with van der Waals surface area (Å²) in [5.41, 5.74) is 2.29. The molecule has 3 nitrogen and oxygen atoms in total. The zero-order valence-electron chi connectivity index (χ0n) is 22.0. The molecule has 0 saturated heterocycles. The summed E-state index contributed by atoms with van der Waals surface area (Å²) in [6.07, 6.45) is 16.4. The van der Waals surface area contributed by atoms with E-state index in [1.165, 1.54) is 56.9 Å². The molecule has 0 heterocycles. The standard InChI is InChI=1S/C30H50O3/c1-19(2)7-6-8-20(3)25-11-12-26-23-10-9-22-17-21(24(18-31)28(32)33)13-15-29(22,4)27(23)14-16-30(25,26)5/h9,19-21,23-27,31H,6-8,10-18H2,1-5H3,(H,32,33)/t20-,21+,23+,24?,25-,26+,27+,29+,30-/m1/s1. The molecule has 1 unspecified atom stereocenters. The Bertz CT molecular complexity index is 741. The first-order valence-corrected chi connectivity index (χ1v) is 14.1. The Hall–Kier alpha value is -0.830. The van der Waals surface area contributed by atoms with Crippen LogP contribution in [-0.4, -0.2) is 22.8 Å². The Morgan fingerprint density at radius 2 is 1.82 bits per heavy atom. The highest BCUT2D eigenvalue weighted by atomic mass is 16.4. The van der Waals surface area contributed by atoms with Crippen LogP contribution in [0.2, 0.25) is 0 Å². The van der Waals surface area contributed by atoms with Crippen LogP contribution in [0, 0.1) is 58.2 Å². The summed E-state index contributed by atoms with van der Waals surface area (Å²) in [5.74, 6) is 3.68. The molecule has 4 rings (SSSR count). The predicted octanol–water partition coefficient (Wildman–Crippen LogP) is 7.34. The normalized spacial score (nSPS) is 42.2. The van der Waals surface area contributed by atoms with Crippen LogP contribution >= 0.6 is 0 Å². The smallest absolute Gasteiger partial charge is 0.309 e. The van der Waals surface area contributed by atoms with Gasteiger partial charge in [-0.1, -0.05) is 65.5 Å². The second-order valence-corrected chi connectivity index (χ2v) is 13.4. The number of hydrogen-bond acceptors (Lipinski definition) is 2. The van der Waals surface area contributed by atoms with E-state index < -0.39 is 11.9 Å². The van der Waals surface area contributed by atoms with Crippen LogP contribution in [0.15, 0.2) is 11.6 Å². The van der Waals surface area contributed by atoms with Crippen molar-refractivity contribution in [3.05, 3.63) is 11.6 Å². The first-order valence-electron chi connectivity index (χ1n) is 14.1. The van der Waals surface area contributed by atoms with Gasteiger partial charge in [-0.3, -0.25) is 4.79 Å². The second-order valence-electron chi connectivity index (χ2n) is 13.4. The van der Waals surface area contributed by atoms with Crippen LogP contribution in [0.25, 0.3) is 0 Å². The molecule has 0 radical (unpaired) electrons. The molecular formula is C30H50O3. The van der Waals surface area contributed by atoms with Crippen LogP contribution in [0.4, 0.5) is 0 Å². The van der Waals surface area contributed by atoms with Crippen LogP contribution in [-0.2, 0) is 4.79 Å². The minimum Gasteiger partial charge on any atom is -0.481 e. The summed E-state index contributed by atoms with van der Waals surface area (Å²) in [4.78, 5) is 11.7. The zero-order valence-corrected chi connectivity index (χ0v) is 22.0. The van der Waals surface area contributed by atoms with Gasteiger partial charge in [-0.05, 0) is 104 Å². The summed E-state index contributed by atoms with van der Waals surface area (Å²) < 4.78 is 0. The molecule has 0 aliphatic heterocycles. The van der Waals surface area contributed by atoms with Crippen molar-refractivity contribution in [1.29, 1.82) is 0 Å². The molecule has 0 amide bonds. The van der Waals surface area contributed by atoms with Crippen molar-refractivity contribution in [2.75, 3.05) is 6.61 Å². The summed E-state index contributed by atoms with van der Waals surface area (Å²) in [5, 5.41) is 19.3. The maximum Gasteiger partial charge on any atom is 0.309 e. The average molecular weight is 459 g/mol. The average Bonchev–Trinajstić information content (AvgIpc) is 3.11. The van der Waals surface area contributed by atoms with Crippen molar-refractivity contribution in [3.8, 4) is 0 Å². The predicted molar refractivity (Wildman–Crippen MR) is 135 cm³/mol. The lowest BCUT2D eigenvalue weighted by molar-refractivity contribution is -0.146. The summed E-state index contributed by atoms with van der Waals surface area (Å²) in [7, 11) is 0. The van der Waals surface area contributed by atoms with E-state index in [-0.39, 0.29) is 17.9 Å². The number of rotatable bonds is 8. The van der Waals surface area contributed by atoms with E-state index in [0.29, 0.717) is 5.41 Å². The number of hydrogen-bond donors (Lipinski definition) is 2. The largest absolute Gasteiger partial charge is 0.481 e. The van der Waals surface area contributed by atoms with Crippen LogP contribution in [0.5, 0.6) is 0 Å². The SMILES string of the molecule is CC(C)CCC[C@@H](C)[C@H]1CC[C@H]2[C@@H]3CC=C4C[C@@H](C(CO)C(=O)O)CC[C@]4(C)[C@H]3CC[C@]12C. The third-order valence-electron chi connectivity index (χ3n) is 11.4. The van der Waals surface area contributed by atoms with E-state index in [2.05, 4.69) is 40.7 Å². The van der Waals surface area contributed by atoms with E-state index in [4.69, 9.17) is 0 Å². The highest BCUT2D eigenvalue weighted by Gasteiger charge is 2.59. The first kappa shape index (κ1) is 25.3. The van der Waals surface area contributed by atoms with Crippen molar-refractivity contribution >= 4 is 5.97 Å². The Morgan fingerprint density at radius 1 is 1.06 bits per heavy atom. The Morgan fingerprint density at radius 3 is 2.48 bits per heavy atom. The number of allylic oxidation sites excluding steroid dienone is 2. The van der Waals surface area contributed by atoms with E-state index >= 15 is 0 Å². The van der Waals surface area contributed by atoms with Crippen molar-refractivity contribution in [2.24, 2.45) is 58.2 Å². The molecule has 33 heavy (non-hydrogen) atoms. The number of fused-ring (bicyclic) bond motifs is 5. The van der Waals surface area contributed by atoms with Crippen LogP contribution in [0.1, 0.15) is 105 Å². The van der Waals surface area contributed by atoms with Gasteiger partial charge in [-0.2, -0.15) is 0 Å². The lowest BCUT2D eigenvalue weighted by Gasteiger charge is -2.59. The third-order valence-corrected chi connectivity index (χ3v) is 11.4. The minimum absolute atomic E-state index is 0.0970. The van der Waals surface area contributed by atoms with Crippen molar-refractivity contribution in [2.45, 2.75) is 105 Å². The lowest BCUT2D eigenvalue weighted by Crippen LogP contribution is -2.51. The van der Waals surface area contributed by atoms with Gasteiger partial charge in [0.2, 0.25) is 0 Å². The van der Waals surface area contributed by atoms with Gasteiger partial charge in [0, 0.05) is 0 Å². The fraction of sp³-hybridized carbons (Fsp3) is 0.900. The summed E-state index contributed by atoms with van der Waals surface area (Å²) in [6.45, 7) is 12.2. The van der Waals surface area contributed by atoms with Gasteiger partial charge in [0.25, 0.3) is 0 Å². The fourth-order valence-electron chi connectivity index (χ4n) is 9.49. The number of carboxylic acid groups (broad SMARTS) is 1. The lowest BCUT2D eigenvalue weighted by atomic mass is 9.46. The molecule has 0 aromatic rings. The molecule has 0 aromatic carbocycles. The number of aliphatic hydroxyl groups excluding tert-OH is 1. The number of aliphatic carboxylic acids is 1. The van der Waals surface area contributed by atoms with Gasteiger partial charge in [-0.15, -0.1) is 0 Å². The third kappa shape index (κ3) is 4.45. The molecule has 0 spiro atoms. The van der Waals surface area contributed by atoms with Crippen molar-refractivity contribution in [1.82, 2.24) is 0 Å². The highest BCUT2D eigenvalue weighted by molar-refractivity contribution is 5.70. The fourth-order valence-corrected chi connectivity index (χ4v) is 9.49. The quantitative estimate of drug-likeness (QED) is 0.374. The number of carbonyl (C=O) groups is 1. The van der Waals surface area contributed by atoms with Crippen LogP contribution in [0.3, 0.4) is 0 Å². The molecule has 0 bridgehead atoms. The van der Waals surface area contributed by atoms with Gasteiger partial charge in [0.15, 0.2) is 0 Å². The van der Waals surface area contributed by atoms with E-state index in [0.717, 1.165) is 54.8 Å². The topological polar surface area (TPSA) is 57.5 Å². The zero-order chi connectivity index (χ0) is 24.0. The minimum atomic E-state index is -0.826. The molecular weight excluding hydrogens is 408 g/mol. The van der Waals surface area contributed by atoms with Gasteiger partial charge in [0.05, 0.1) is 12.5 Å². The molecule has 0 aromatic heterocycles. The summed E-state index contributed by atoms with van der Waals surface area (Å²) in [6, 6.07) is 0. The van der Waals surface area contributed by atoms with Crippen LogP contribution < -0.4 is 0 Å². The molecule has 3 fully saturated rings. The number of aliphatic hydroxyl groups is 1. The van der Waals surface area contributed by atoms with Gasteiger partial charge >= 0.3 is 5.97 Å². The second kappa shape index (κ2) is 9.67. The monoisotopic (exact) mass is 458 g/mol. The van der Waals surface area contributed by atoms with Gasteiger partial charge in [-0.25, -0.2) is 0 Å². The first-order chi connectivity index (χ1) is 15.6. The van der Waals surface area contributed by atoms with Gasteiger partial charge in [0.1, 0.15) is 0 Å². The van der Waals surface area contributed by atoms with Crippen molar-refractivity contribution < 1.29 is 15.0 Å². The van der Waals surface area contributed by atoms with E-state index in [1.54, 1.807) is 0 Å². The molecule has 188 valence electrons. The molecule has 4 aliphatic carbocycles. The molecule has 4 aliphatic rings. The highest BCUT2D eigenvalue weighted by Crippen LogP contribution is 2.67. The van der Waals surface area contributed by atoms with E-state index in [1.807, 2.05) is 0 Å². The maximum absolute atomic E-state index is 11.7. The van der Waals surface area contributed by atoms with Crippen molar-refractivity contribution in [3.63, 3.8) is 0 Å². The Kier molecular flexibility index (Phi) is 7.40. The van der Waals surface area contributed by atoms with Gasteiger partial charge < -0.3 is 10.2 Å². The Labute approximate surface area is 202 Å². The maximum atomic E-state index is 11.7. The molecule has 2 N–H and O–H groups in total. The van der Waals surface area contributed by atoms with E-state index in [9.17, 15) is 15.0 Å². The molecule has 3 saturated carbocycles. The Balaban J connectivity index is 1.48.